The van der Waals surface area contributed by atoms with E-state index in [9.17, 15) is 22.8 Å². The Bertz CT molecular complexity index is 747. The summed E-state index contributed by atoms with van der Waals surface area (Å²) in [6.45, 7) is 0. The highest BCUT2D eigenvalue weighted by Crippen LogP contribution is 2.26. The highest BCUT2D eigenvalue weighted by atomic mass is 79.9. The van der Waals surface area contributed by atoms with Gasteiger partial charge < -0.3 is 10.6 Å². The molecule has 0 spiro atoms. The number of hydrogen-bond acceptors (Lipinski definition) is 2. The minimum absolute atomic E-state index is 0.0610. The molecular formula is C15H10BrF3N2O2. The Morgan fingerprint density at radius 1 is 0.870 bits per heavy atom. The summed E-state index contributed by atoms with van der Waals surface area (Å²) in [4.78, 5) is 23.2. The molecule has 0 bridgehead atoms. The highest BCUT2D eigenvalue weighted by Gasteiger charge is 2.39. The molecule has 120 valence electrons. The zero-order valence-corrected chi connectivity index (χ0v) is 13.0. The van der Waals surface area contributed by atoms with Crippen molar-refractivity contribution < 1.29 is 22.8 Å². The predicted molar refractivity (Wildman–Crippen MR) is 83.2 cm³/mol. The van der Waals surface area contributed by atoms with E-state index in [1.165, 1.54) is 24.3 Å². The second kappa shape index (κ2) is 6.82. The Balaban J connectivity index is 2.23. The number of hydrogen-bond donors (Lipinski definition) is 2. The van der Waals surface area contributed by atoms with Crippen LogP contribution in [0, 0.1) is 0 Å². The molecule has 0 aliphatic carbocycles. The fourth-order valence-electron chi connectivity index (χ4n) is 1.73. The van der Waals surface area contributed by atoms with Crippen LogP contribution in [0.1, 0.15) is 10.4 Å². The number of carbonyl (C=O) groups excluding carboxylic acids is 2. The molecule has 0 aromatic heterocycles. The van der Waals surface area contributed by atoms with Crippen molar-refractivity contribution in [3.05, 3.63) is 58.6 Å². The molecule has 8 heteroatoms. The molecule has 0 aliphatic rings. The summed E-state index contributed by atoms with van der Waals surface area (Å²) in [5, 5.41) is 4.20. The summed E-state index contributed by atoms with van der Waals surface area (Å²) in [5.41, 5.74) is 0.227. The average Bonchev–Trinajstić information content (AvgIpc) is 2.48. The van der Waals surface area contributed by atoms with Crippen LogP contribution in [0.3, 0.4) is 0 Å². The van der Waals surface area contributed by atoms with Gasteiger partial charge in [-0.3, -0.25) is 9.59 Å². The highest BCUT2D eigenvalue weighted by molar-refractivity contribution is 9.10. The first-order valence-corrected chi connectivity index (χ1v) is 7.11. The second-order valence-corrected chi connectivity index (χ2v) is 5.29. The molecule has 0 fully saturated rings. The Labute approximate surface area is 137 Å². The summed E-state index contributed by atoms with van der Waals surface area (Å²) in [7, 11) is 0. The Morgan fingerprint density at radius 3 is 1.96 bits per heavy atom. The summed E-state index contributed by atoms with van der Waals surface area (Å²) < 4.78 is 37.6. The van der Waals surface area contributed by atoms with E-state index in [0.29, 0.717) is 10.0 Å². The standard InChI is InChI=1S/C15H10BrF3N2O2/c16-10-6-2-1-5-9(10)13(22)20-11-7-3-4-8-12(11)21-14(23)15(17,18)19/h1-8H,(H,20,22)(H,21,23). The van der Waals surface area contributed by atoms with Gasteiger partial charge in [-0.05, 0) is 40.2 Å². The van der Waals surface area contributed by atoms with Crippen molar-refractivity contribution in [2.75, 3.05) is 10.6 Å². The Kier molecular flexibility index (Phi) is 5.05. The Morgan fingerprint density at radius 2 is 1.39 bits per heavy atom. The zero-order valence-electron chi connectivity index (χ0n) is 11.4. The molecule has 0 radical (unpaired) electrons. The smallest absolute Gasteiger partial charge is 0.320 e. The van der Waals surface area contributed by atoms with E-state index in [1.54, 1.807) is 29.6 Å². The van der Waals surface area contributed by atoms with Crippen LogP contribution in [-0.2, 0) is 4.79 Å². The largest absolute Gasteiger partial charge is 0.471 e. The number of carbonyl (C=O) groups is 2. The number of alkyl halides is 3. The van der Waals surface area contributed by atoms with Crippen molar-refractivity contribution in [1.29, 1.82) is 0 Å². The van der Waals surface area contributed by atoms with Gasteiger partial charge in [0.15, 0.2) is 0 Å². The lowest BCUT2D eigenvalue weighted by Crippen LogP contribution is -2.30. The second-order valence-electron chi connectivity index (χ2n) is 4.43. The Hall–Kier alpha value is -2.35. The third kappa shape index (κ3) is 4.32. The number of rotatable bonds is 3. The third-order valence-corrected chi connectivity index (χ3v) is 3.49. The molecule has 2 N–H and O–H groups in total. The molecule has 0 saturated carbocycles. The molecule has 0 aliphatic heterocycles. The molecule has 0 saturated heterocycles. The molecule has 4 nitrogen and oxygen atoms in total. The number of anilines is 2. The lowest BCUT2D eigenvalue weighted by Gasteiger charge is -2.13. The minimum Gasteiger partial charge on any atom is -0.320 e. The molecule has 0 atom stereocenters. The summed E-state index contributed by atoms with van der Waals surface area (Å²) in [5.74, 6) is -2.63. The van der Waals surface area contributed by atoms with Gasteiger partial charge in [-0.15, -0.1) is 0 Å². The minimum atomic E-state index is -5.01. The molecule has 2 aromatic carbocycles. The van der Waals surface area contributed by atoms with Crippen LogP contribution in [0.5, 0.6) is 0 Å². The molecule has 23 heavy (non-hydrogen) atoms. The zero-order chi connectivity index (χ0) is 17.0. The number of benzene rings is 2. The maximum Gasteiger partial charge on any atom is 0.471 e. The van der Waals surface area contributed by atoms with Crippen molar-refractivity contribution in [3.63, 3.8) is 0 Å². The fraction of sp³-hybridized carbons (Fsp3) is 0.0667. The van der Waals surface area contributed by atoms with E-state index >= 15 is 0 Å². The van der Waals surface area contributed by atoms with Gasteiger partial charge in [0, 0.05) is 4.47 Å². The molecule has 2 aromatic rings. The lowest BCUT2D eigenvalue weighted by atomic mass is 10.2. The number of nitrogens with one attached hydrogen (secondary N) is 2. The first-order chi connectivity index (χ1) is 10.8. The van der Waals surface area contributed by atoms with Gasteiger partial charge in [0.05, 0.1) is 16.9 Å². The number of para-hydroxylation sites is 2. The maximum atomic E-state index is 12.3. The number of halogens is 4. The van der Waals surface area contributed by atoms with Gasteiger partial charge >= 0.3 is 12.1 Å². The van der Waals surface area contributed by atoms with Crippen LogP contribution in [-0.4, -0.2) is 18.0 Å². The number of amides is 2. The van der Waals surface area contributed by atoms with Crippen molar-refractivity contribution >= 4 is 39.1 Å². The van der Waals surface area contributed by atoms with Crippen LogP contribution in [0.15, 0.2) is 53.0 Å². The maximum absolute atomic E-state index is 12.3. The molecular weight excluding hydrogens is 377 g/mol. The first kappa shape index (κ1) is 17.0. The average molecular weight is 387 g/mol. The van der Waals surface area contributed by atoms with Crippen LogP contribution in [0.25, 0.3) is 0 Å². The van der Waals surface area contributed by atoms with E-state index in [2.05, 4.69) is 21.2 Å². The lowest BCUT2D eigenvalue weighted by molar-refractivity contribution is -0.167. The van der Waals surface area contributed by atoms with Crippen LogP contribution < -0.4 is 10.6 Å². The van der Waals surface area contributed by atoms with Crippen molar-refractivity contribution in [3.8, 4) is 0 Å². The monoisotopic (exact) mass is 386 g/mol. The first-order valence-electron chi connectivity index (χ1n) is 6.32. The van der Waals surface area contributed by atoms with Crippen LogP contribution >= 0.6 is 15.9 Å². The van der Waals surface area contributed by atoms with Gasteiger partial charge in [-0.25, -0.2) is 0 Å². The third-order valence-electron chi connectivity index (χ3n) is 2.80. The SMILES string of the molecule is O=C(Nc1ccccc1NC(=O)C(F)(F)F)c1ccccc1Br. The quantitative estimate of drug-likeness (QED) is 0.830. The van der Waals surface area contributed by atoms with Gasteiger partial charge in [0.2, 0.25) is 0 Å². The van der Waals surface area contributed by atoms with Gasteiger partial charge in [0.25, 0.3) is 5.91 Å². The fourth-order valence-corrected chi connectivity index (χ4v) is 2.19. The van der Waals surface area contributed by atoms with E-state index in [0.717, 1.165) is 0 Å². The van der Waals surface area contributed by atoms with E-state index < -0.39 is 18.0 Å². The van der Waals surface area contributed by atoms with Crippen molar-refractivity contribution in [1.82, 2.24) is 0 Å². The molecule has 0 unspecified atom stereocenters. The summed E-state index contributed by atoms with van der Waals surface area (Å²) in [6, 6.07) is 12.2. The topological polar surface area (TPSA) is 58.2 Å². The predicted octanol–water partition coefficient (Wildman–Crippen LogP) is 4.20. The van der Waals surface area contributed by atoms with Crippen LogP contribution in [0.4, 0.5) is 24.5 Å². The van der Waals surface area contributed by atoms with Gasteiger partial charge in [-0.1, -0.05) is 24.3 Å². The van der Waals surface area contributed by atoms with E-state index in [4.69, 9.17) is 0 Å². The molecule has 0 heterocycles. The van der Waals surface area contributed by atoms with E-state index in [-0.39, 0.29) is 11.4 Å². The molecule has 2 amide bonds. The van der Waals surface area contributed by atoms with E-state index in [1.807, 2.05) is 0 Å². The summed E-state index contributed by atoms with van der Waals surface area (Å²) in [6.07, 6.45) is -5.01. The van der Waals surface area contributed by atoms with Crippen LogP contribution in [0.2, 0.25) is 0 Å². The molecule has 2 rings (SSSR count). The summed E-state index contributed by atoms with van der Waals surface area (Å²) >= 11 is 3.22. The van der Waals surface area contributed by atoms with Gasteiger partial charge in [-0.2, -0.15) is 13.2 Å². The van der Waals surface area contributed by atoms with Gasteiger partial charge in [0.1, 0.15) is 0 Å². The van der Waals surface area contributed by atoms with Crippen molar-refractivity contribution in [2.24, 2.45) is 0 Å². The normalized spacial score (nSPS) is 11.0. The van der Waals surface area contributed by atoms with Crippen molar-refractivity contribution in [2.45, 2.75) is 6.18 Å².